The van der Waals surface area contributed by atoms with E-state index < -0.39 is 5.97 Å². The summed E-state index contributed by atoms with van der Waals surface area (Å²) in [5, 5.41) is 0. The second-order valence-corrected chi connectivity index (χ2v) is 5.67. The van der Waals surface area contributed by atoms with Gasteiger partial charge in [0, 0.05) is 16.6 Å². The number of halogens is 1. The Balaban J connectivity index is 2.75. The van der Waals surface area contributed by atoms with Crippen molar-refractivity contribution in [3.63, 3.8) is 0 Å². The molecule has 114 valence electrons. The van der Waals surface area contributed by atoms with Crippen LogP contribution < -0.4 is 0 Å². The highest BCUT2D eigenvalue weighted by Crippen LogP contribution is 2.13. The fourth-order valence-corrected chi connectivity index (χ4v) is 2.15. The largest absolute Gasteiger partial charge is 0.465 e. The van der Waals surface area contributed by atoms with Gasteiger partial charge in [-0.3, -0.25) is 9.59 Å². The van der Waals surface area contributed by atoms with Gasteiger partial charge in [0.05, 0.1) is 6.61 Å². The van der Waals surface area contributed by atoms with Gasteiger partial charge in [-0.2, -0.15) is 0 Å². The van der Waals surface area contributed by atoms with Gasteiger partial charge in [0.25, 0.3) is 0 Å². The second-order valence-electron chi connectivity index (χ2n) is 4.75. The minimum absolute atomic E-state index is 0.0346. The highest BCUT2D eigenvalue weighted by molar-refractivity contribution is 9.10. The van der Waals surface area contributed by atoms with Crippen molar-refractivity contribution < 1.29 is 14.3 Å². The molecule has 0 aliphatic heterocycles. The maximum Gasteiger partial charge on any atom is 0.325 e. The second kappa shape index (κ2) is 8.62. The average Bonchev–Trinajstić information content (AvgIpc) is 2.42. The number of nitrogens with zero attached hydrogens (tertiary/aromatic N) is 1. The van der Waals surface area contributed by atoms with Crippen LogP contribution in [0.4, 0.5) is 0 Å². The fraction of sp³-hybridized carbons (Fsp3) is 0.375. The predicted octanol–water partition coefficient (Wildman–Crippen LogP) is 3.26. The topological polar surface area (TPSA) is 46.6 Å². The first-order valence-corrected chi connectivity index (χ1v) is 7.63. The molecule has 4 nitrogen and oxygen atoms in total. The molecule has 1 aromatic rings. The molecule has 0 unspecified atom stereocenters. The Hall–Kier alpha value is -1.62. The van der Waals surface area contributed by atoms with E-state index in [0.29, 0.717) is 6.61 Å². The summed E-state index contributed by atoms with van der Waals surface area (Å²) < 4.78 is 5.84. The molecule has 1 rings (SSSR count). The Labute approximate surface area is 133 Å². The van der Waals surface area contributed by atoms with Gasteiger partial charge in [-0.05, 0) is 44.5 Å². The van der Waals surface area contributed by atoms with Gasteiger partial charge in [0.1, 0.15) is 6.54 Å². The normalized spacial score (nSPS) is 10.9. The quantitative estimate of drug-likeness (QED) is 0.582. The molecule has 0 saturated carbocycles. The molecule has 0 aliphatic rings. The van der Waals surface area contributed by atoms with Gasteiger partial charge >= 0.3 is 5.97 Å². The first-order valence-electron chi connectivity index (χ1n) is 6.84. The number of carbonyl (C=O) groups excluding carboxylic acids is 2. The number of hydrogen-bond donors (Lipinski definition) is 0. The van der Waals surface area contributed by atoms with Crippen molar-refractivity contribution in [1.82, 2.24) is 4.90 Å². The summed E-state index contributed by atoms with van der Waals surface area (Å²) in [4.78, 5) is 25.2. The molecular weight excluding hydrogens is 334 g/mol. The van der Waals surface area contributed by atoms with Crippen LogP contribution in [0.15, 0.2) is 34.8 Å². The number of rotatable bonds is 6. The molecule has 1 amide bonds. The molecule has 0 radical (unpaired) electrons. The van der Waals surface area contributed by atoms with E-state index in [1.807, 2.05) is 38.1 Å². The first kappa shape index (κ1) is 17.4. The number of benzene rings is 1. The van der Waals surface area contributed by atoms with Crippen molar-refractivity contribution >= 4 is 33.9 Å². The third-order valence-electron chi connectivity index (χ3n) is 2.78. The Kier molecular flexibility index (Phi) is 7.15. The van der Waals surface area contributed by atoms with Gasteiger partial charge < -0.3 is 9.64 Å². The van der Waals surface area contributed by atoms with E-state index in [0.717, 1.165) is 10.0 Å². The summed E-state index contributed by atoms with van der Waals surface area (Å²) in [6.07, 6.45) is 3.20. The van der Waals surface area contributed by atoms with Crippen molar-refractivity contribution in [2.24, 2.45) is 0 Å². The summed E-state index contributed by atoms with van der Waals surface area (Å²) in [5.74, 6) is -0.603. The van der Waals surface area contributed by atoms with Crippen LogP contribution in [0.2, 0.25) is 0 Å². The molecule has 0 atom stereocenters. The van der Waals surface area contributed by atoms with Crippen LogP contribution in [-0.4, -0.2) is 36.0 Å². The van der Waals surface area contributed by atoms with Gasteiger partial charge in [0.2, 0.25) is 5.91 Å². The molecule has 0 fully saturated rings. The summed E-state index contributed by atoms with van der Waals surface area (Å²) in [6, 6.07) is 7.55. The van der Waals surface area contributed by atoms with Crippen LogP contribution in [0.5, 0.6) is 0 Å². The third-order valence-corrected chi connectivity index (χ3v) is 3.27. The van der Waals surface area contributed by atoms with Crippen molar-refractivity contribution in [3.8, 4) is 0 Å². The van der Waals surface area contributed by atoms with Crippen molar-refractivity contribution in [1.29, 1.82) is 0 Å². The summed E-state index contributed by atoms with van der Waals surface area (Å²) >= 11 is 3.38. The van der Waals surface area contributed by atoms with Gasteiger partial charge in [0.15, 0.2) is 0 Å². The number of hydrogen-bond acceptors (Lipinski definition) is 3. The zero-order valence-corrected chi connectivity index (χ0v) is 14.1. The van der Waals surface area contributed by atoms with Crippen LogP contribution in [0, 0.1) is 0 Å². The predicted molar refractivity (Wildman–Crippen MR) is 86.7 cm³/mol. The highest BCUT2D eigenvalue weighted by Gasteiger charge is 2.18. The molecule has 1 aromatic carbocycles. The molecule has 0 spiro atoms. The SMILES string of the molecule is CCOC(=O)CN(C(=O)/C=C/c1cccc(Br)c1)C(C)C. The molecule has 0 bridgehead atoms. The van der Waals surface area contributed by atoms with E-state index in [9.17, 15) is 9.59 Å². The van der Waals surface area contributed by atoms with Crippen LogP contribution in [0.25, 0.3) is 6.08 Å². The zero-order valence-electron chi connectivity index (χ0n) is 12.5. The van der Waals surface area contributed by atoms with E-state index in [1.165, 1.54) is 11.0 Å². The number of esters is 1. The van der Waals surface area contributed by atoms with E-state index in [1.54, 1.807) is 13.0 Å². The maximum atomic E-state index is 12.2. The Bertz CT molecular complexity index is 526. The highest BCUT2D eigenvalue weighted by atomic mass is 79.9. The van der Waals surface area contributed by atoms with Crippen molar-refractivity contribution in [2.75, 3.05) is 13.2 Å². The third kappa shape index (κ3) is 6.12. The lowest BCUT2D eigenvalue weighted by molar-refractivity contribution is -0.148. The molecule has 21 heavy (non-hydrogen) atoms. The van der Waals surface area contributed by atoms with E-state index >= 15 is 0 Å². The molecule has 5 heteroatoms. The van der Waals surface area contributed by atoms with Crippen molar-refractivity contribution in [2.45, 2.75) is 26.8 Å². The van der Waals surface area contributed by atoms with Crippen LogP contribution in [0.1, 0.15) is 26.3 Å². The van der Waals surface area contributed by atoms with E-state index in [-0.39, 0.29) is 18.5 Å². The molecule has 0 aromatic heterocycles. The molecular formula is C16H20BrNO3. The Morgan fingerprint density at radius 2 is 2.10 bits per heavy atom. The Morgan fingerprint density at radius 1 is 1.38 bits per heavy atom. The van der Waals surface area contributed by atoms with Crippen LogP contribution in [0.3, 0.4) is 0 Å². The number of amides is 1. The van der Waals surface area contributed by atoms with Gasteiger partial charge in [-0.15, -0.1) is 0 Å². The molecule has 0 heterocycles. The summed E-state index contributed by atoms with van der Waals surface area (Å²) in [5.41, 5.74) is 0.914. The molecule has 0 aliphatic carbocycles. The Morgan fingerprint density at radius 3 is 2.67 bits per heavy atom. The standard InChI is InChI=1S/C16H20BrNO3/c1-4-21-16(20)11-18(12(2)3)15(19)9-8-13-6-5-7-14(17)10-13/h5-10,12H,4,11H2,1-3H3/b9-8+. The van der Waals surface area contributed by atoms with Gasteiger partial charge in [-0.1, -0.05) is 28.1 Å². The smallest absolute Gasteiger partial charge is 0.325 e. The van der Waals surface area contributed by atoms with Crippen LogP contribution >= 0.6 is 15.9 Å². The monoisotopic (exact) mass is 353 g/mol. The maximum absolute atomic E-state index is 12.2. The fourth-order valence-electron chi connectivity index (χ4n) is 1.73. The minimum atomic E-state index is -0.393. The summed E-state index contributed by atoms with van der Waals surface area (Å²) in [6.45, 7) is 5.75. The molecule has 0 N–H and O–H groups in total. The van der Waals surface area contributed by atoms with Crippen molar-refractivity contribution in [3.05, 3.63) is 40.4 Å². The lowest BCUT2D eigenvalue weighted by Crippen LogP contribution is -2.40. The minimum Gasteiger partial charge on any atom is -0.465 e. The lowest BCUT2D eigenvalue weighted by Gasteiger charge is -2.24. The zero-order chi connectivity index (χ0) is 15.8. The van der Waals surface area contributed by atoms with Crippen LogP contribution in [-0.2, 0) is 14.3 Å². The first-order chi connectivity index (χ1) is 9.93. The van der Waals surface area contributed by atoms with E-state index in [4.69, 9.17) is 4.74 Å². The molecule has 0 saturated heterocycles. The summed E-state index contributed by atoms with van der Waals surface area (Å²) in [7, 11) is 0. The van der Waals surface area contributed by atoms with E-state index in [2.05, 4.69) is 15.9 Å². The number of carbonyl (C=O) groups is 2. The lowest BCUT2D eigenvalue weighted by atomic mass is 10.2. The van der Waals surface area contributed by atoms with Gasteiger partial charge in [-0.25, -0.2) is 0 Å². The average molecular weight is 354 g/mol. The number of ether oxygens (including phenoxy) is 1.